The molecular weight excluding hydrogens is 326 g/mol. The third kappa shape index (κ3) is 3.98. The van der Waals surface area contributed by atoms with E-state index in [0.717, 1.165) is 19.3 Å². The van der Waals surface area contributed by atoms with Crippen molar-refractivity contribution in [2.75, 3.05) is 11.4 Å². The van der Waals surface area contributed by atoms with E-state index in [9.17, 15) is 14.7 Å². The van der Waals surface area contributed by atoms with Crippen LogP contribution in [0.1, 0.15) is 64.4 Å². The summed E-state index contributed by atoms with van der Waals surface area (Å²) in [6, 6.07) is 5.06. The lowest BCUT2D eigenvalue weighted by atomic mass is 9.90. The molecule has 1 unspecified atom stereocenters. The molecule has 0 aromatic heterocycles. The standard InChI is InChI=1S/C19H26ClNO3/c1-3-4-5-6-7-8-11-21-17-10-9-15(20)12-16(17)19(24,18(21)23)13-14(2)22/h9-10,12,24H,3-8,11,13H2,1-2H3. The van der Waals surface area contributed by atoms with Gasteiger partial charge in [0.15, 0.2) is 5.60 Å². The first-order valence-electron chi connectivity index (χ1n) is 8.74. The molecule has 1 aromatic carbocycles. The third-order valence-electron chi connectivity index (χ3n) is 4.53. The van der Waals surface area contributed by atoms with Gasteiger partial charge in [0.05, 0.1) is 5.69 Å². The molecule has 0 fully saturated rings. The number of halogens is 1. The number of amides is 1. The minimum Gasteiger partial charge on any atom is -0.375 e. The van der Waals surface area contributed by atoms with Crippen molar-refractivity contribution in [1.82, 2.24) is 0 Å². The summed E-state index contributed by atoms with van der Waals surface area (Å²) >= 11 is 6.03. The number of carbonyl (C=O) groups is 2. The van der Waals surface area contributed by atoms with Crippen molar-refractivity contribution < 1.29 is 14.7 Å². The van der Waals surface area contributed by atoms with Crippen molar-refractivity contribution in [2.45, 2.75) is 64.4 Å². The van der Waals surface area contributed by atoms with Gasteiger partial charge in [0.2, 0.25) is 0 Å². The fourth-order valence-electron chi connectivity index (χ4n) is 3.33. The van der Waals surface area contributed by atoms with Crippen molar-refractivity contribution in [3.8, 4) is 0 Å². The highest BCUT2D eigenvalue weighted by Crippen LogP contribution is 2.43. The zero-order valence-corrected chi connectivity index (χ0v) is 15.2. The zero-order chi connectivity index (χ0) is 17.7. The van der Waals surface area contributed by atoms with Gasteiger partial charge in [0.1, 0.15) is 5.78 Å². The molecule has 2 rings (SSSR count). The van der Waals surface area contributed by atoms with Gasteiger partial charge in [-0.05, 0) is 31.5 Å². The van der Waals surface area contributed by atoms with E-state index in [2.05, 4.69) is 6.92 Å². The number of unbranched alkanes of at least 4 members (excludes halogenated alkanes) is 5. The minimum absolute atomic E-state index is 0.216. The first kappa shape index (κ1) is 18.9. The Morgan fingerprint density at radius 1 is 1.21 bits per heavy atom. The fraction of sp³-hybridized carbons (Fsp3) is 0.579. The second kappa shape index (κ2) is 8.13. The monoisotopic (exact) mass is 351 g/mol. The molecule has 1 heterocycles. The van der Waals surface area contributed by atoms with Crippen LogP contribution in [0.25, 0.3) is 0 Å². The molecule has 24 heavy (non-hydrogen) atoms. The lowest BCUT2D eigenvalue weighted by molar-refractivity contribution is -0.141. The summed E-state index contributed by atoms with van der Waals surface area (Å²) in [5, 5.41) is 11.3. The van der Waals surface area contributed by atoms with Gasteiger partial charge >= 0.3 is 0 Å². The Hall–Kier alpha value is -1.39. The van der Waals surface area contributed by atoms with E-state index in [1.165, 1.54) is 26.2 Å². The summed E-state index contributed by atoms with van der Waals surface area (Å²) in [6.07, 6.45) is 6.53. The predicted molar refractivity (Wildman–Crippen MR) is 96.4 cm³/mol. The van der Waals surface area contributed by atoms with E-state index in [1.807, 2.05) is 0 Å². The SMILES string of the molecule is CCCCCCCCN1C(=O)C(O)(CC(C)=O)c2cc(Cl)ccc21. The van der Waals surface area contributed by atoms with Crippen molar-refractivity contribution >= 4 is 29.0 Å². The van der Waals surface area contributed by atoms with Crippen molar-refractivity contribution in [2.24, 2.45) is 0 Å². The van der Waals surface area contributed by atoms with E-state index in [0.29, 0.717) is 22.8 Å². The van der Waals surface area contributed by atoms with Crippen LogP contribution in [-0.4, -0.2) is 23.3 Å². The van der Waals surface area contributed by atoms with Crippen LogP contribution in [0, 0.1) is 0 Å². The Morgan fingerprint density at radius 3 is 2.54 bits per heavy atom. The lowest BCUT2D eigenvalue weighted by Crippen LogP contribution is -2.41. The Kier molecular flexibility index (Phi) is 6.41. The van der Waals surface area contributed by atoms with E-state index in [1.54, 1.807) is 23.1 Å². The van der Waals surface area contributed by atoms with Crippen LogP contribution < -0.4 is 4.90 Å². The minimum atomic E-state index is -1.78. The number of ketones is 1. The summed E-state index contributed by atoms with van der Waals surface area (Å²) in [5.74, 6) is -0.637. The van der Waals surface area contributed by atoms with Crippen LogP contribution >= 0.6 is 11.6 Å². The van der Waals surface area contributed by atoms with E-state index < -0.39 is 11.5 Å². The maximum absolute atomic E-state index is 12.8. The number of aliphatic hydroxyl groups is 1. The van der Waals surface area contributed by atoms with Gasteiger partial charge < -0.3 is 10.0 Å². The summed E-state index contributed by atoms with van der Waals surface area (Å²) in [6.45, 7) is 4.12. The maximum atomic E-state index is 12.8. The third-order valence-corrected chi connectivity index (χ3v) is 4.77. The Morgan fingerprint density at radius 2 is 1.88 bits per heavy atom. The largest absolute Gasteiger partial charge is 0.375 e. The molecule has 4 nitrogen and oxygen atoms in total. The first-order valence-corrected chi connectivity index (χ1v) is 9.11. The Bertz CT molecular complexity index is 617. The van der Waals surface area contributed by atoms with Gasteiger partial charge in [-0.15, -0.1) is 0 Å². The molecule has 0 spiro atoms. The van der Waals surface area contributed by atoms with Crippen LogP contribution in [0.2, 0.25) is 5.02 Å². The molecule has 0 radical (unpaired) electrons. The van der Waals surface area contributed by atoms with Crippen molar-refractivity contribution in [3.05, 3.63) is 28.8 Å². The van der Waals surface area contributed by atoms with Crippen LogP contribution in [-0.2, 0) is 15.2 Å². The highest BCUT2D eigenvalue weighted by molar-refractivity contribution is 6.31. The molecular formula is C19H26ClNO3. The molecule has 0 saturated carbocycles. The van der Waals surface area contributed by atoms with Crippen molar-refractivity contribution in [1.29, 1.82) is 0 Å². The van der Waals surface area contributed by atoms with Crippen LogP contribution in [0.15, 0.2) is 18.2 Å². The summed E-state index contributed by atoms with van der Waals surface area (Å²) < 4.78 is 0. The number of hydrogen-bond donors (Lipinski definition) is 1. The molecule has 1 atom stereocenters. The summed E-state index contributed by atoms with van der Waals surface area (Å²) in [4.78, 5) is 25.9. The molecule has 1 aromatic rings. The Balaban J connectivity index is 2.13. The van der Waals surface area contributed by atoms with E-state index >= 15 is 0 Å². The van der Waals surface area contributed by atoms with E-state index in [-0.39, 0.29) is 12.2 Å². The molecule has 0 aliphatic carbocycles. The quantitative estimate of drug-likeness (QED) is 0.678. The van der Waals surface area contributed by atoms with Gasteiger partial charge in [0, 0.05) is 23.6 Å². The molecule has 5 heteroatoms. The van der Waals surface area contributed by atoms with Crippen LogP contribution in [0.4, 0.5) is 5.69 Å². The highest BCUT2D eigenvalue weighted by atomic mass is 35.5. The van der Waals surface area contributed by atoms with Crippen LogP contribution in [0.5, 0.6) is 0 Å². The lowest BCUT2D eigenvalue weighted by Gasteiger charge is -2.22. The number of hydrogen-bond acceptors (Lipinski definition) is 3. The molecule has 1 amide bonds. The average molecular weight is 352 g/mol. The van der Waals surface area contributed by atoms with Gasteiger partial charge in [-0.2, -0.15) is 0 Å². The number of anilines is 1. The molecule has 0 saturated heterocycles. The molecule has 1 N–H and O–H groups in total. The summed E-state index contributed by atoms with van der Waals surface area (Å²) in [5.41, 5.74) is -0.670. The van der Waals surface area contributed by atoms with Gasteiger partial charge in [-0.25, -0.2) is 0 Å². The Labute approximate surface area is 148 Å². The number of benzene rings is 1. The summed E-state index contributed by atoms with van der Waals surface area (Å²) in [7, 11) is 0. The molecule has 1 aliphatic rings. The molecule has 1 aliphatic heterocycles. The predicted octanol–water partition coefficient (Wildman–Crippen LogP) is 4.21. The van der Waals surface area contributed by atoms with Gasteiger partial charge in [-0.3, -0.25) is 9.59 Å². The van der Waals surface area contributed by atoms with E-state index in [4.69, 9.17) is 11.6 Å². The second-order valence-corrected chi connectivity index (χ2v) is 7.06. The average Bonchev–Trinajstić information content (AvgIpc) is 2.71. The number of fused-ring (bicyclic) bond motifs is 1. The molecule has 132 valence electrons. The van der Waals surface area contributed by atoms with Crippen molar-refractivity contribution in [3.63, 3.8) is 0 Å². The van der Waals surface area contributed by atoms with Crippen LogP contribution in [0.3, 0.4) is 0 Å². The highest BCUT2D eigenvalue weighted by Gasteiger charge is 2.50. The number of Topliss-reactive ketones (excluding diaryl/α,β-unsaturated/α-hetero) is 1. The first-order chi connectivity index (χ1) is 11.4. The second-order valence-electron chi connectivity index (χ2n) is 6.63. The maximum Gasteiger partial charge on any atom is 0.264 e. The van der Waals surface area contributed by atoms with Gasteiger partial charge in [-0.1, -0.05) is 50.6 Å². The molecule has 0 bridgehead atoms. The fourth-order valence-corrected chi connectivity index (χ4v) is 3.50. The number of rotatable bonds is 9. The zero-order valence-electron chi connectivity index (χ0n) is 14.5. The number of carbonyl (C=O) groups excluding carboxylic acids is 2. The number of nitrogens with zero attached hydrogens (tertiary/aromatic N) is 1. The normalized spacial score (nSPS) is 19.7. The van der Waals surface area contributed by atoms with Gasteiger partial charge in [0.25, 0.3) is 5.91 Å². The topological polar surface area (TPSA) is 57.6 Å². The smallest absolute Gasteiger partial charge is 0.264 e.